The molecule has 2 aliphatic heterocycles. The fraction of sp³-hybridized carbons (Fsp3) is 0.350. The summed E-state index contributed by atoms with van der Waals surface area (Å²) >= 11 is 1.11. The number of anilines is 1. The van der Waals surface area contributed by atoms with Gasteiger partial charge in [-0.25, -0.2) is 14.6 Å². The first-order chi connectivity index (χ1) is 14.7. The maximum Gasteiger partial charge on any atom is 0.445 e. The standard InChI is InChI=1S/C20H21N5O5S/c1-5-30-19(28)12-6-8-13(9-7-12)23-14(26)10-31-17-15-16(21-11(2)22-17)24(3)20(29)25(4)18(15)27/h6-9,15H,5,10H2,1-4H3/p+1. The van der Waals surface area contributed by atoms with E-state index in [2.05, 4.69) is 15.3 Å². The molecule has 1 aromatic rings. The number of benzene rings is 1. The van der Waals surface area contributed by atoms with E-state index in [1.807, 2.05) is 0 Å². The van der Waals surface area contributed by atoms with Gasteiger partial charge in [-0.1, -0.05) is 16.8 Å². The van der Waals surface area contributed by atoms with Crippen LogP contribution in [0.4, 0.5) is 10.5 Å². The van der Waals surface area contributed by atoms with Crippen LogP contribution < -0.4 is 5.32 Å². The van der Waals surface area contributed by atoms with Crippen molar-refractivity contribution in [2.45, 2.75) is 13.8 Å². The number of thioether (sulfide) groups is 1. The summed E-state index contributed by atoms with van der Waals surface area (Å²) in [6.07, 6.45) is 0. The van der Waals surface area contributed by atoms with Crippen LogP contribution in [-0.2, 0) is 14.3 Å². The molecule has 31 heavy (non-hydrogen) atoms. The van der Waals surface area contributed by atoms with Gasteiger partial charge >= 0.3 is 17.9 Å². The molecule has 0 saturated heterocycles. The number of hydrogen-bond acceptors (Lipinski definition) is 8. The Bertz CT molecular complexity index is 1040. The van der Waals surface area contributed by atoms with Gasteiger partial charge in [0.25, 0.3) is 5.84 Å². The van der Waals surface area contributed by atoms with E-state index >= 15 is 0 Å². The van der Waals surface area contributed by atoms with Crippen molar-refractivity contribution >= 4 is 58.0 Å². The first kappa shape index (κ1) is 22.3. The number of amidine groups is 2. The maximum atomic E-state index is 12.7. The number of amides is 4. The predicted octanol–water partition coefficient (Wildman–Crippen LogP) is 1.61. The van der Waals surface area contributed by atoms with Crippen LogP contribution >= 0.6 is 11.8 Å². The molecule has 0 saturated carbocycles. The molecule has 4 amide bonds. The van der Waals surface area contributed by atoms with Crippen LogP contribution in [0.3, 0.4) is 0 Å². The SMILES string of the molecule is CCOC(=O)c1ccc(NC(=O)CSC2=NC(C)=NC3=[N+](C)C(=O)N(C)C(=O)C23)cc1. The van der Waals surface area contributed by atoms with Crippen LogP contribution in [-0.4, -0.2) is 76.5 Å². The van der Waals surface area contributed by atoms with Crippen molar-refractivity contribution < 1.29 is 28.5 Å². The summed E-state index contributed by atoms with van der Waals surface area (Å²) in [5.41, 5.74) is 0.912. The van der Waals surface area contributed by atoms with Crippen molar-refractivity contribution in [2.24, 2.45) is 15.9 Å². The van der Waals surface area contributed by atoms with Gasteiger partial charge in [0.15, 0.2) is 5.92 Å². The van der Waals surface area contributed by atoms with E-state index in [0.717, 1.165) is 16.7 Å². The van der Waals surface area contributed by atoms with Gasteiger partial charge in [-0.3, -0.25) is 9.59 Å². The maximum absolute atomic E-state index is 12.7. The lowest BCUT2D eigenvalue weighted by Crippen LogP contribution is -2.54. The van der Waals surface area contributed by atoms with Crippen molar-refractivity contribution in [3.63, 3.8) is 0 Å². The Labute approximate surface area is 183 Å². The van der Waals surface area contributed by atoms with E-state index in [0.29, 0.717) is 28.0 Å². The molecule has 0 radical (unpaired) electrons. The number of hydrogen-bond donors (Lipinski definition) is 1. The fourth-order valence-electron chi connectivity index (χ4n) is 3.04. The largest absolute Gasteiger partial charge is 0.462 e. The second kappa shape index (κ2) is 9.21. The molecule has 11 heteroatoms. The molecular formula is C20H22N5O5S+. The highest BCUT2D eigenvalue weighted by Crippen LogP contribution is 2.25. The lowest BCUT2D eigenvalue weighted by molar-refractivity contribution is -0.407. The first-order valence-corrected chi connectivity index (χ1v) is 10.5. The van der Waals surface area contributed by atoms with E-state index in [1.165, 1.54) is 11.6 Å². The van der Waals surface area contributed by atoms with Gasteiger partial charge in [-0.05, 0) is 31.2 Å². The molecule has 1 unspecified atom stereocenters. The fourth-order valence-corrected chi connectivity index (χ4v) is 3.96. The summed E-state index contributed by atoms with van der Waals surface area (Å²) in [6, 6.07) is 5.88. The number of rotatable bonds is 5. The van der Waals surface area contributed by atoms with Gasteiger partial charge in [-0.2, -0.15) is 9.48 Å². The highest BCUT2D eigenvalue weighted by atomic mass is 32.2. The quantitative estimate of drug-likeness (QED) is 0.544. The van der Waals surface area contributed by atoms with E-state index in [1.54, 1.807) is 45.2 Å². The van der Waals surface area contributed by atoms with Crippen LogP contribution in [0.15, 0.2) is 34.3 Å². The lowest BCUT2D eigenvalue weighted by atomic mass is 10.1. The summed E-state index contributed by atoms with van der Waals surface area (Å²) in [4.78, 5) is 58.5. The molecule has 0 fully saturated rings. The number of carbonyl (C=O) groups is 4. The monoisotopic (exact) mass is 444 g/mol. The summed E-state index contributed by atoms with van der Waals surface area (Å²) < 4.78 is 6.24. The number of aliphatic imine (C=N–C) groups is 2. The first-order valence-electron chi connectivity index (χ1n) is 9.48. The third kappa shape index (κ3) is 4.71. The highest BCUT2D eigenvalue weighted by Gasteiger charge is 2.48. The predicted molar refractivity (Wildman–Crippen MR) is 117 cm³/mol. The summed E-state index contributed by atoms with van der Waals surface area (Å²) in [7, 11) is 2.95. The molecule has 162 valence electrons. The molecule has 1 atom stereocenters. The summed E-state index contributed by atoms with van der Waals surface area (Å²) in [6.45, 7) is 3.67. The molecule has 10 nitrogen and oxygen atoms in total. The summed E-state index contributed by atoms with van der Waals surface area (Å²) in [5.74, 6) is -1.28. The number of esters is 1. The Morgan fingerprint density at radius 3 is 2.55 bits per heavy atom. The van der Waals surface area contributed by atoms with Crippen molar-refractivity contribution in [2.75, 3.05) is 31.8 Å². The average molecular weight is 444 g/mol. The molecule has 2 heterocycles. The molecule has 0 aliphatic carbocycles. The highest BCUT2D eigenvalue weighted by molar-refractivity contribution is 8.14. The number of nitrogens with one attached hydrogen (secondary N) is 1. The minimum Gasteiger partial charge on any atom is -0.462 e. The van der Waals surface area contributed by atoms with Crippen LogP contribution in [0.1, 0.15) is 24.2 Å². The molecule has 1 N–H and O–H groups in total. The molecule has 2 aliphatic rings. The smallest absolute Gasteiger partial charge is 0.445 e. The minimum atomic E-state index is -0.821. The average Bonchev–Trinajstić information content (AvgIpc) is 2.75. The van der Waals surface area contributed by atoms with Crippen LogP contribution in [0.5, 0.6) is 0 Å². The molecule has 0 spiro atoms. The van der Waals surface area contributed by atoms with Crippen molar-refractivity contribution in [1.29, 1.82) is 0 Å². The third-order valence-electron chi connectivity index (χ3n) is 4.58. The Morgan fingerprint density at radius 2 is 1.90 bits per heavy atom. The molecule has 0 aromatic heterocycles. The number of carbonyl (C=O) groups excluding carboxylic acids is 4. The minimum absolute atomic E-state index is 0.00414. The Balaban J connectivity index is 1.67. The second-order valence-corrected chi connectivity index (χ2v) is 7.77. The number of fused-ring (bicyclic) bond motifs is 1. The van der Waals surface area contributed by atoms with Crippen molar-refractivity contribution in [1.82, 2.24) is 4.90 Å². The summed E-state index contributed by atoms with van der Waals surface area (Å²) in [5, 5.41) is 3.14. The zero-order chi connectivity index (χ0) is 22.7. The second-order valence-electron chi connectivity index (χ2n) is 6.77. The normalized spacial score (nSPS) is 18.3. The van der Waals surface area contributed by atoms with E-state index < -0.39 is 23.8 Å². The van der Waals surface area contributed by atoms with Crippen molar-refractivity contribution in [3.8, 4) is 0 Å². The Hall–Kier alpha value is -3.34. The van der Waals surface area contributed by atoms with Crippen LogP contribution in [0.2, 0.25) is 0 Å². The molecular weight excluding hydrogens is 422 g/mol. The van der Waals surface area contributed by atoms with E-state index in [-0.39, 0.29) is 18.3 Å². The van der Waals surface area contributed by atoms with Gasteiger partial charge in [0.05, 0.1) is 32.0 Å². The Morgan fingerprint density at radius 1 is 1.23 bits per heavy atom. The zero-order valence-electron chi connectivity index (χ0n) is 17.5. The molecule has 1 aromatic carbocycles. The zero-order valence-corrected chi connectivity index (χ0v) is 18.4. The van der Waals surface area contributed by atoms with E-state index in [9.17, 15) is 19.2 Å². The van der Waals surface area contributed by atoms with Gasteiger partial charge in [0, 0.05) is 12.6 Å². The van der Waals surface area contributed by atoms with Gasteiger partial charge in [-0.15, -0.1) is 0 Å². The van der Waals surface area contributed by atoms with Crippen molar-refractivity contribution in [3.05, 3.63) is 29.8 Å². The third-order valence-corrected chi connectivity index (χ3v) is 5.61. The topological polar surface area (TPSA) is 121 Å². The number of urea groups is 1. The van der Waals surface area contributed by atoms with Gasteiger partial charge in [0.1, 0.15) is 5.04 Å². The molecule has 3 rings (SSSR count). The van der Waals surface area contributed by atoms with Gasteiger partial charge in [0.2, 0.25) is 11.7 Å². The number of imide groups is 1. The lowest BCUT2D eigenvalue weighted by Gasteiger charge is -2.26. The number of nitrogens with zero attached hydrogens (tertiary/aromatic N) is 4. The van der Waals surface area contributed by atoms with Gasteiger partial charge < -0.3 is 10.1 Å². The van der Waals surface area contributed by atoms with E-state index in [4.69, 9.17) is 4.74 Å². The Kier molecular flexibility index (Phi) is 6.64. The van der Waals surface area contributed by atoms with Crippen LogP contribution in [0, 0.1) is 5.92 Å². The number of ether oxygens (including phenoxy) is 1. The molecule has 0 bridgehead atoms. The van der Waals surface area contributed by atoms with Crippen LogP contribution in [0.25, 0.3) is 0 Å².